The first-order valence-electron chi connectivity index (χ1n) is 9.01. The second-order valence-corrected chi connectivity index (χ2v) is 6.74. The Morgan fingerprint density at radius 1 is 0.900 bits per heavy atom. The van der Waals surface area contributed by atoms with Crippen LogP contribution in [0.2, 0.25) is 0 Å². The molecule has 0 radical (unpaired) electrons. The molecule has 0 spiro atoms. The molecule has 0 amide bonds. The number of hydrogen-bond acceptors (Lipinski definition) is 7. The molecule has 0 aliphatic heterocycles. The van der Waals surface area contributed by atoms with Crippen LogP contribution >= 0.6 is 0 Å². The summed E-state index contributed by atoms with van der Waals surface area (Å²) in [6.45, 7) is 3.73. The molecular weight excluding hydrogens is 395 g/mol. The summed E-state index contributed by atoms with van der Waals surface area (Å²) in [5, 5.41) is 3.84. The van der Waals surface area contributed by atoms with E-state index in [1.807, 2.05) is 25.1 Å². The van der Waals surface area contributed by atoms with Gasteiger partial charge in [-0.3, -0.25) is 4.98 Å². The number of nitrogens with zero attached hydrogens (tertiary/aromatic N) is 6. The zero-order chi connectivity index (χ0) is 21.3. The van der Waals surface area contributed by atoms with Gasteiger partial charge < -0.3 is 5.32 Å². The van der Waals surface area contributed by atoms with Crippen LogP contribution in [0, 0.1) is 6.92 Å². The van der Waals surface area contributed by atoms with E-state index < -0.39 is 18.0 Å². The lowest BCUT2D eigenvalue weighted by atomic mass is 10.1. The van der Waals surface area contributed by atoms with Gasteiger partial charge in [0.2, 0.25) is 5.82 Å². The quantitative estimate of drug-likeness (QED) is 0.533. The summed E-state index contributed by atoms with van der Waals surface area (Å²) in [6, 6.07) is 5.33. The summed E-state index contributed by atoms with van der Waals surface area (Å²) in [4.78, 5) is 24.1. The molecule has 0 fully saturated rings. The number of alkyl halides is 3. The van der Waals surface area contributed by atoms with Crippen molar-refractivity contribution in [3.63, 3.8) is 0 Å². The number of fused-ring (bicyclic) bond motifs is 1. The van der Waals surface area contributed by atoms with Crippen LogP contribution in [0.25, 0.3) is 22.3 Å². The van der Waals surface area contributed by atoms with Crippen molar-refractivity contribution in [1.82, 2.24) is 29.9 Å². The molecule has 4 aromatic heterocycles. The first-order chi connectivity index (χ1) is 14.3. The highest BCUT2D eigenvalue weighted by Gasteiger charge is 2.34. The molecule has 4 aromatic rings. The van der Waals surface area contributed by atoms with Gasteiger partial charge in [0.15, 0.2) is 5.65 Å². The van der Waals surface area contributed by atoms with Gasteiger partial charge in [-0.25, -0.2) is 24.9 Å². The number of rotatable bonds is 4. The number of halogens is 3. The normalized spacial score (nSPS) is 12.7. The Morgan fingerprint density at radius 3 is 2.33 bits per heavy atom. The fourth-order valence-corrected chi connectivity index (χ4v) is 2.84. The highest BCUT2D eigenvalue weighted by Crippen LogP contribution is 2.28. The smallest absolute Gasteiger partial charge is 0.363 e. The molecule has 1 atom stereocenters. The second kappa shape index (κ2) is 7.62. The van der Waals surface area contributed by atoms with Gasteiger partial charge in [-0.05, 0) is 31.5 Å². The minimum absolute atomic E-state index is 0.397. The Balaban J connectivity index is 1.65. The lowest BCUT2D eigenvalue weighted by Gasteiger charge is -2.16. The van der Waals surface area contributed by atoms with Gasteiger partial charge in [0.05, 0.1) is 17.1 Å². The lowest BCUT2D eigenvalue weighted by molar-refractivity contribution is -0.145. The van der Waals surface area contributed by atoms with Crippen LogP contribution in [0.5, 0.6) is 0 Å². The van der Waals surface area contributed by atoms with E-state index in [9.17, 15) is 13.2 Å². The second-order valence-electron chi connectivity index (χ2n) is 6.74. The third-order valence-electron chi connectivity index (χ3n) is 4.47. The molecule has 1 N–H and O–H groups in total. The van der Waals surface area contributed by atoms with Gasteiger partial charge in [0, 0.05) is 35.9 Å². The van der Waals surface area contributed by atoms with Crippen LogP contribution in [-0.4, -0.2) is 29.9 Å². The Labute approximate surface area is 169 Å². The number of nitrogens with one attached hydrogen (secondary N) is 1. The minimum Gasteiger partial charge on any atom is -0.363 e. The van der Waals surface area contributed by atoms with Crippen LogP contribution < -0.4 is 5.32 Å². The van der Waals surface area contributed by atoms with Gasteiger partial charge in [-0.1, -0.05) is 6.07 Å². The molecule has 0 saturated heterocycles. The predicted molar refractivity (Wildman–Crippen MR) is 104 cm³/mol. The molecular formula is C20H16F3N7. The number of pyridine rings is 2. The summed E-state index contributed by atoms with van der Waals surface area (Å²) in [5.74, 6) is -0.681. The van der Waals surface area contributed by atoms with Gasteiger partial charge in [-0.2, -0.15) is 13.2 Å². The molecule has 0 bridgehead atoms. The van der Waals surface area contributed by atoms with E-state index in [0.717, 1.165) is 29.2 Å². The van der Waals surface area contributed by atoms with Crippen molar-refractivity contribution >= 4 is 16.9 Å². The maximum Gasteiger partial charge on any atom is 0.451 e. The van der Waals surface area contributed by atoms with Crippen LogP contribution in [-0.2, 0) is 6.18 Å². The molecule has 30 heavy (non-hydrogen) atoms. The Morgan fingerprint density at radius 2 is 1.67 bits per heavy atom. The van der Waals surface area contributed by atoms with Gasteiger partial charge >= 0.3 is 6.18 Å². The average Bonchev–Trinajstić information content (AvgIpc) is 2.74. The zero-order valence-electron chi connectivity index (χ0n) is 16.0. The molecule has 4 rings (SSSR count). The van der Waals surface area contributed by atoms with Crippen molar-refractivity contribution in [3.8, 4) is 11.3 Å². The third-order valence-corrected chi connectivity index (χ3v) is 4.47. The third kappa shape index (κ3) is 4.02. The highest BCUT2D eigenvalue weighted by atomic mass is 19.4. The van der Waals surface area contributed by atoms with Crippen molar-refractivity contribution < 1.29 is 13.2 Å². The Hall–Kier alpha value is -3.69. The molecule has 10 heteroatoms. The first kappa shape index (κ1) is 19.6. The van der Waals surface area contributed by atoms with Crippen LogP contribution in [0.15, 0.2) is 49.3 Å². The van der Waals surface area contributed by atoms with Gasteiger partial charge in [-0.15, -0.1) is 0 Å². The SMILES string of the molecule is Cc1ccc(-c2cnc3ncnc(N[C@H](C)c4cnc(C(F)(F)F)nc4)c3c2)nc1. The maximum absolute atomic E-state index is 12.7. The van der Waals surface area contributed by atoms with E-state index in [4.69, 9.17) is 0 Å². The van der Waals surface area contributed by atoms with Crippen molar-refractivity contribution in [1.29, 1.82) is 0 Å². The van der Waals surface area contributed by atoms with E-state index in [-0.39, 0.29) is 0 Å². The number of aromatic nitrogens is 6. The summed E-state index contributed by atoms with van der Waals surface area (Å²) in [5.41, 5.74) is 3.57. The average molecular weight is 411 g/mol. The molecule has 0 aromatic carbocycles. The molecule has 0 aliphatic carbocycles. The van der Waals surface area contributed by atoms with E-state index in [2.05, 4.69) is 35.2 Å². The summed E-state index contributed by atoms with van der Waals surface area (Å²) in [6.07, 6.45) is 2.55. The Bertz CT molecular complexity index is 1180. The molecule has 7 nitrogen and oxygen atoms in total. The van der Waals surface area contributed by atoms with Gasteiger partial charge in [0.25, 0.3) is 0 Å². The predicted octanol–water partition coefficient (Wildman–Crippen LogP) is 4.38. The van der Waals surface area contributed by atoms with Crippen molar-refractivity contribution in [2.24, 2.45) is 0 Å². The fourth-order valence-electron chi connectivity index (χ4n) is 2.84. The van der Waals surface area contributed by atoms with Crippen molar-refractivity contribution in [2.75, 3.05) is 5.32 Å². The van der Waals surface area contributed by atoms with Crippen LogP contribution in [0.3, 0.4) is 0 Å². The lowest BCUT2D eigenvalue weighted by Crippen LogP contribution is -2.14. The maximum atomic E-state index is 12.7. The first-order valence-corrected chi connectivity index (χ1v) is 9.01. The topological polar surface area (TPSA) is 89.4 Å². The fraction of sp³-hybridized carbons (Fsp3) is 0.200. The molecule has 0 aliphatic rings. The zero-order valence-corrected chi connectivity index (χ0v) is 16.0. The van der Waals surface area contributed by atoms with Gasteiger partial charge in [0.1, 0.15) is 12.1 Å². The largest absolute Gasteiger partial charge is 0.451 e. The van der Waals surface area contributed by atoms with Crippen molar-refractivity contribution in [3.05, 3.63) is 66.3 Å². The highest BCUT2D eigenvalue weighted by molar-refractivity contribution is 5.89. The number of hydrogen-bond donors (Lipinski definition) is 1. The van der Waals surface area contributed by atoms with Crippen LogP contribution in [0.4, 0.5) is 19.0 Å². The standard InChI is InChI=1S/C20H16F3N7/c1-11-3-4-16(24-6-11)13-5-15-17(25-7-13)28-10-29-18(15)30-12(2)14-8-26-19(27-9-14)20(21,22)23/h3-10,12H,1-2H3,(H,25,28,29,30)/t12-/m1/s1. The van der Waals surface area contributed by atoms with Crippen molar-refractivity contribution in [2.45, 2.75) is 26.1 Å². The Kier molecular flexibility index (Phi) is 4.98. The summed E-state index contributed by atoms with van der Waals surface area (Å²) >= 11 is 0. The minimum atomic E-state index is -4.58. The number of aryl methyl sites for hydroxylation is 1. The van der Waals surface area contributed by atoms with E-state index >= 15 is 0 Å². The molecule has 4 heterocycles. The van der Waals surface area contributed by atoms with E-state index in [0.29, 0.717) is 22.4 Å². The molecule has 0 unspecified atom stereocenters. The van der Waals surface area contributed by atoms with E-state index in [1.54, 1.807) is 19.3 Å². The summed E-state index contributed by atoms with van der Waals surface area (Å²) in [7, 11) is 0. The number of anilines is 1. The molecule has 152 valence electrons. The molecule has 0 saturated carbocycles. The van der Waals surface area contributed by atoms with Crippen LogP contribution in [0.1, 0.15) is 29.9 Å². The van der Waals surface area contributed by atoms with E-state index in [1.165, 1.54) is 6.33 Å². The summed E-state index contributed by atoms with van der Waals surface area (Å²) < 4.78 is 38.0. The monoisotopic (exact) mass is 411 g/mol.